The minimum atomic E-state index is -1.43. The summed E-state index contributed by atoms with van der Waals surface area (Å²) in [6, 6.07) is 0. The van der Waals surface area contributed by atoms with Crippen LogP contribution in [0, 0.1) is 0 Å². The van der Waals surface area contributed by atoms with Gasteiger partial charge in [-0.3, -0.25) is 13.9 Å². The number of carbonyl (C=O) groups is 1. The van der Waals surface area contributed by atoms with Gasteiger partial charge in [0, 0.05) is 24.8 Å². The fourth-order valence-electron chi connectivity index (χ4n) is 1.88. The number of hydrazone groups is 1. The van der Waals surface area contributed by atoms with Crippen LogP contribution in [0.2, 0.25) is 0 Å². The van der Waals surface area contributed by atoms with Crippen molar-refractivity contribution in [3.8, 4) is 0 Å². The standard InChI is InChI=1S/C10H15N3O3S/c1-6-7(2)10(16-17(3)15)13(9(6)14)8-4-5-11-12-8/h10-11H,4-5H2,1-3H3. The smallest absolute Gasteiger partial charge is 0.257 e. The Balaban J connectivity index is 2.30. The largest absolute Gasteiger partial charge is 0.308 e. The average molecular weight is 257 g/mol. The summed E-state index contributed by atoms with van der Waals surface area (Å²) < 4.78 is 16.5. The summed E-state index contributed by atoms with van der Waals surface area (Å²) in [5.41, 5.74) is 4.24. The SMILES string of the molecule is CC1=C(C)C(OS(C)=O)N(C2=NNCC2)C1=O. The van der Waals surface area contributed by atoms with E-state index in [0.29, 0.717) is 24.4 Å². The van der Waals surface area contributed by atoms with Crippen molar-refractivity contribution in [1.29, 1.82) is 0 Å². The van der Waals surface area contributed by atoms with Crippen LogP contribution in [-0.2, 0) is 20.1 Å². The van der Waals surface area contributed by atoms with E-state index in [1.165, 1.54) is 11.2 Å². The predicted molar refractivity (Wildman–Crippen MR) is 64.2 cm³/mol. The Labute approximate surface area is 102 Å². The Morgan fingerprint density at radius 3 is 2.76 bits per heavy atom. The molecule has 0 bridgehead atoms. The summed E-state index contributed by atoms with van der Waals surface area (Å²) in [4.78, 5) is 13.6. The van der Waals surface area contributed by atoms with Crippen LogP contribution in [0.25, 0.3) is 0 Å². The number of hydrogen-bond acceptors (Lipinski definition) is 5. The van der Waals surface area contributed by atoms with Crippen LogP contribution in [0.15, 0.2) is 16.2 Å². The van der Waals surface area contributed by atoms with E-state index in [2.05, 4.69) is 10.5 Å². The quantitative estimate of drug-likeness (QED) is 0.762. The van der Waals surface area contributed by atoms with Crippen molar-refractivity contribution in [1.82, 2.24) is 10.3 Å². The maximum Gasteiger partial charge on any atom is 0.257 e. The molecule has 1 amide bonds. The highest BCUT2D eigenvalue weighted by atomic mass is 32.2. The van der Waals surface area contributed by atoms with E-state index in [4.69, 9.17) is 4.18 Å². The van der Waals surface area contributed by atoms with Crippen LogP contribution >= 0.6 is 0 Å². The number of amides is 1. The summed E-state index contributed by atoms with van der Waals surface area (Å²) >= 11 is -1.43. The minimum absolute atomic E-state index is 0.125. The Kier molecular flexibility index (Phi) is 3.30. The second-order valence-corrected chi connectivity index (χ2v) is 5.01. The summed E-state index contributed by atoms with van der Waals surface area (Å²) in [6.07, 6.45) is 1.52. The first-order valence-electron chi connectivity index (χ1n) is 5.33. The lowest BCUT2D eigenvalue weighted by Gasteiger charge is -2.24. The van der Waals surface area contributed by atoms with Crippen molar-refractivity contribution in [2.24, 2.45) is 5.10 Å². The molecular formula is C10H15N3O3S. The molecule has 7 heteroatoms. The molecule has 2 aliphatic heterocycles. The van der Waals surface area contributed by atoms with Crippen molar-refractivity contribution in [3.63, 3.8) is 0 Å². The van der Waals surface area contributed by atoms with Crippen molar-refractivity contribution in [2.75, 3.05) is 12.8 Å². The highest BCUT2D eigenvalue weighted by Gasteiger charge is 2.40. The first-order valence-corrected chi connectivity index (χ1v) is 6.81. The Morgan fingerprint density at radius 1 is 1.53 bits per heavy atom. The molecule has 0 aromatic carbocycles. The van der Waals surface area contributed by atoms with Gasteiger partial charge in [0.15, 0.2) is 17.3 Å². The summed E-state index contributed by atoms with van der Waals surface area (Å²) in [6.45, 7) is 4.27. The van der Waals surface area contributed by atoms with Crippen LogP contribution in [0.5, 0.6) is 0 Å². The zero-order valence-electron chi connectivity index (χ0n) is 10.0. The minimum Gasteiger partial charge on any atom is -0.308 e. The van der Waals surface area contributed by atoms with Gasteiger partial charge in [0.1, 0.15) is 5.84 Å². The van der Waals surface area contributed by atoms with E-state index in [0.717, 1.165) is 5.57 Å². The Morgan fingerprint density at radius 2 is 2.24 bits per heavy atom. The number of nitrogens with one attached hydrogen (secondary N) is 1. The molecule has 0 spiro atoms. The van der Waals surface area contributed by atoms with E-state index >= 15 is 0 Å². The van der Waals surface area contributed by atoms with Crippen LogP contribution in [0.4, 0.5) is 0 Å². The van der Waals surface area contributed by atoms with Gasteiger partial charge < -0.3 is 5.43 Å². The molecule has 1 N–H and O–H groups in total. The molecule has 6 nitrogen and oxygen atoms in total. The van der Waals surface area contributed by atoms with E-state index < -0.39 is 17.3 Å². The van der Waals surface area contributed by atoms with E-state index in [9.17, 15) is 9.00 Å². The predicted octanol–water partition coefficient (Wildman–Crippen LogP) is 0.108. The normalized spacial score (nSPS) is 26.3. The fourth-order valence-corrected chi connectivity index (χ4v) is 2.36. The second kappa shape index (κ2) is 4.58. The number of carbonyl (C=O) groups excluding carboxylic acids is 1. The molecule has 0 fully saturated rings. The van der Waals surface area contributed by atoms with Crippen LogP contribution in [0.1, 0.15) is 20.3 Å². The van der Waals surface area contributed by atoms with Crippen LogP contribution < -0.4 is 5.43 Å². The summed E-state index contributed by atoms with van der Waals surface area (Å²) in [5, 5.41) is 4.06. The molecule has 2 atom stereocenters. The van der Waals surface area contributed by atoms with Gasteiger partial charge in [0.05, 0.1) is 0 Å². The van der Waals surface area contributed by atoms with E-state index in [1.54, 1.807) is 6.92 Å². The van der Waals surface area contributed by atoms with Gasteiger partial charge in [-0.2, -0.15) is 5.10 Å². The van der Waals surface area contributed by atoms with E-state index in [1.807, 2.05) is 6.92 Å². The molecule has 2 unspecified atom stereocenters. The van der Waals surface area contributed by atoms with Gasteiger partial charge in [0.25, 0.3) is 5.91 Å². The maximum atomic E-state index is 12.1. The number of amidine groups is 1. The number of nitrogens with zero attached hydrogens (tertiary/aromatic N) is 2. The highest BCUT2D eigenvalue weighted by Crippen LogP contribution is 2.28. The van der Waals surface area contributed by atoms with Crippen molar-refractivity contribution in [2.45, 2.75) is 26.5 Å². The number of hydrogen-bond donors (Lipinski definition) is 1. The zero-order chi connectivity index (χ0) is 12.6. The van der Waals surface area contributed by atoms with Crippen LogP contribution in [0.3, 0.4) is 0 Å². The van der Waals surface area contributed by atoms with Crippen LogP contribution in [-0.4, -0.2) is 39.9 Å². The lowest BCUT2D eigenvalue weighted by Crippen LogP contribution is -2.41. The monoisotopic (exact) mass is 257 g/mol. The fraction of sp³-hybridized carbons (Fsp3) is 0.600. The summed E-state index contributed by atoms with van der Waals surface area (Å²) in [5.74, 6) is 0.516. The maximum absolute atomic E-state index is 12.1. The average Bonchev–Trinajstić information content (AvgIpc) is 2.84. The Bertz CT molecular complexity index is 444. The topological polar surface area (TPSA) is 71.0 Å². The second-order valence-electron chi connectivity index (χ2n) is 4.02. The third-order valence-electron chi connectivity index (χ3n) is 2.91. The van der Waals surface area contributed by atoms with Crippen molar-refractivity contribution < 1.29 is 13.2 Å². The summed E-state index contributed by atoms with van der Waals surface area (Å²) in [7, 11) is 0. The molecule has 2 rings (SSSR count). The Hall–Kier alpha value is -1.21. The van der Waals surface area contributed by atoms with Gasteiger partial charge >= 0.3 is 0 Å². The van der Waals surface area contributed by atoms with Gasteiger partial charge in [-0.15, -0.1) is 0 Å². The zero-order valence-corrected chi connectivity index (χ0v) is 10.8. The molecule has 0 saturated heterocycles. The van der Waals surface area contributed by atoms with Gasteiger partial charge in [-0.05, 0) is 19.4 Å². The number of rotatable bonds is 2. The highest BCUT2D eigenvalue weighted by molar-refractivity contribution is 7.79. The molecule has 0 aromatic heterocycles. The molecule has 0 saturated carbocycles. The van der Waals surface area contributed by atoms with E-state index in [-0.39, 0.29) is 5.91 Å². The molecule has 0 radical (unpaired) electrons. The first kappa shape index (κ1) is 12.3. The van der Waals surface area contributed by atoms with Crippen molar-refractivity contribution >= 4 is 22.8 Å². The third kappa shape index (κ3) is 2.12. The third-order valence-corrected chi connectivity index (χ3v) is 3.36. The van der Waals surface area contributed by atoms with Crippen molar-refractivity contribution in [3.05, 3.63) is 11.1 Å². The molecule has 2 heterocycles. The first-order chi connectivity index (χ1) is 8.02. The molecule has 17 heavy (non-hydrogen) atoms. The van der Waals surface area contributed by atoms with Gasteiger partial charge in [0.2, 0.25) is 0 Å². The molecule has 0 aromatic rings. The molecule has 2 aliphatic rings. The molecular weight excluding hydrogens is 242 g/mol. The van der Waals surface area contributed by atoms with Gasteiger partial charge in [-0.25, -0.2) is 4.21 Å². The van der Waals surface area contributed by atoms with Gasteiger partial charge in [-0.1, -0.05) is 0 Å². The lowest BCUT2D eigenvalue weighted by molar-refractivity contribution is -0.125. The lowest BCUT2D eigenvalue weighted by atomic mass is 10.2. The molecule has 94 valence electrons. The molecule has 0 aliphatic carbocycles.